The van der Waals surface area contributed by atoms with Crippen molar-refractivity contribution in [3.8, 4) is 17.2 Å². The molecule has 13 unspecified atom stereocenters. The molecule has 1 aromatic carbocycles. The molecule has 3 saturated heterocycles. The molecule has 13 atom stereocenters. The van der Waals surface area contributed by atoms with Gasteiger partial charge in [-0.25, -0.2) is 4.79 Å². The number of methoxy groups -OCH3 is 2. The standard InChI is InChI=1S/C29H42O19/c1-41-15-6-13(34)16(42-2)5-12(15)3-4-20(36)45-27-23(38)18(9-31)47-29(27,11-33)48-21-7-14(35)26(19(10-32)43-21)46-28-25(40)24(39)22(37)17(8-30)44-28/h3-6,14,17-19,21-28,30-35,37-40H,7-11H2,1-2H3. The molecule has 3 aliphatic heterocycles. The van der Waals surface area contributed by atoms with Gasteiger partial charge < -0.3 is 89.0 Å². The Balaban J connectivity index is 1.49. The van der Waals surface area contributed by atoms with E-state index in [1.54, 1.807) is 0 Å². The smallest absolute Gasteiger partial charge is 0.331 e. The van der Waals surface area contributed by atoms with Gasteiger partial charge >= 0.3 is 5.97 Å². The van der Waals surface area contributed by atoms with E-state index in [2.05, 4.69) is 0 Å². The van der Waals surface area contributed by atoms with E-state index in [1.807, 2.05) is 0 Å². The van der Waals surface area contributed by atoms with E-state index in [0.717, 1.165) is 6.08 Å². The summed E-state index contributed by atoms with van der Waals surface area (Å²) in [6, 6.07) is 2.64. The lowest BCUT2D eigenvalue weighted by Crippen LogP contribution is -2.62. The molecule has 272 valence electrons. The second-order valence-corrected chi connectivity index (χ2v) is 11.3. The van der Waals surface area contributed by atoms with E-state index >= 15 is 0 Å². The van der Waals surface area contributed by atoms with Crippen LogP contribution in [0.2, 0.25) is 0 Å². The molecule has 0 amide bonds. The van der Waals surface area contributed by atoms with E-state index in [0.29, 0.717) is 5.56 Å². The number of benzene rings is 1. The van der Waals surface area contributed by atoms with Crippen LogP contribution < -0.4 is 9.47 Å². The van der Waals surface area contributed by atoms with Crippen molar-refractivity contribution in [3.05, 3.63) is 23.8 Å². The fourth-order valence-corrected chi connectivity index (χ4v) is 5.64. The highest BCUT2D eigenvalue weighted by atomic mass is 16.8. The number of aliphatic hydroxyl groups excluding tert-OH is 9. The van der Waals surface area contributed by atoms with Crippen LogP contribution in [-0.2, 0) is 33.2 Å². The Kier molecular flexibility index (Phi) is 12.9. The summed E-state index contributed by atoms with van der Waals surface area (Å²) in [5.74, 6) is -3.38. The summed E-state index contributed by atoms with van der Waals surface area (Å²) in [4.78, 5) is 12.9. The van der Waals surface area contributed by atoms with E-state index < -0.39 is 118 Å². The molecule has 0 aromatic heterocycles. The predicted octanol–water partition coefficient (Wildman–Crippen LogP) is -4.56. The number of esters is 1. The molecule has 0 saturated carbocycles. The van der Waals surface area contributed by atoms with Crippen LogP contribution in [0.1, 0.15) is 12.0 Å². The average Bonchev–Trinajstić information content (AvgIpc) is 3.34. The second kappa shape index (κ2) is 16.3. The van der Waals surface area contributed by atoms with Crippen molar-refractivity contribution in [3.63, 3.8) is 0 Å². The number of hydrogen-bond acceptors (Lipinski definition) is 19. The zero-order chi connectivity index (χ0) is 35.3. The minimum Gasteiger partial charge on any atom is -0.504 e. The number of hydrogen-bond donors (Lipinski definition) is 10. The first-order valence-corrected chi connectivity index (χ1v) is 14.9. The third-order valence-electron chi connectivity index (χ3n) is 8.21. The predicted molar refractivity (Wildman–Crippen MR) is 154 cm³/mol. The van der Waals surface area contributed by atoms with Crippen molar-refractivity contribution in [1.82, 2.24) is 0 Å². The van der Waals surface area contributed by atoms with Crippen molar-refractivity contribution >= 4 is 12.0 Å². The van der Waals surface area contributed by atoms with Crippen molar-refractivity contribution in [1.29, 1.82) is 0 Å². The van der Waals surface area contributed by atoms with Crippen LogP contribution in [0.5, 0.6) is 17.2 Å². The van der Waals surface area contributed by atoms with Gasteiger partial charge in [-0.3, -0.25) is 0 Å². The summed E-state index contributed by atoms with van der Waals surface area (Å²) in [6.45, 7) is -3.39. The van der Waals surface area contributed by atoms with Crippen LogP contribution in [0.15, 0.2) is 18.2 Å². The molecule has 0 spiro atoms. The molecule has 0 aliphatic carbocycles. The van der Waals surface area contributed by atoms with E-state index in [-0.39, 0.29) is 17.2 Å². The lowest BCUT2D eigenvalue weighted by Gasteiger charge is -2.45. The normalized spacial score (nSPS) is 38.6. The summed E-state index contributed by atoms with van der Waals surface area (Å²) < 4.78 is 43.8. The molecule has 19 heteroatoms. The molecule has 3 heterocycles. The maximum Gasteiger partial charge on any atom is 0.331 e. The number of aliphatic hydroxyl groups is 9. The number of phenols is 1. The fraction of sp³-hybridized carbons (Fsp3) is 0.690. The zero-order valence-electron chi connectivity index (χ0n) is 25.9. The fourth-order valence-electron chi connectivity index (χ4n) is 5.64. The largest absolute Gasteiger partial charge is 0.504 e. The van der Waals surface area contributed by atoms with Crippen LogP contribution in [0, 0.1) is 0 Å². The SMILES string of the molecule is COc1cc(C=CC(=O)OC2C(O)C(CO)OC2(CO)OC2CC(O)C(OC3OC(CO)C(O)C(O)C3O)C(CO)O2)c(OC)cc1O. The molecule has 1 aromatic rings. The number of carbonyl (C=O) groups excluding carboxylic acids is 1. The quantitative estimate of drug-likeness (QED) is 0.0687. The van der Waals surface area contributed by atoms with Gasteiger partial charge in [-0.1, -0.05) is 0 Å². The van der Waals surface area contributed by atoms with Gasteiger partial charge in [-0.15, -0.1) is 0 Å². The van der Waals surface area contributed by atoms with Gasteiger partial charge in [0.2, 0.25) is 5.79 Å². The Hall–Kier alpha value is -2.73. The summed E-state index contributed by atoms with van der Waals surface area (Å²) in [6.07, 6.45) is -17.3. The van der Waals surface area contributed by atoms with Gasteiger partial charge in [0.1, 0.15) is 61.2 Å². The molecular weight excluding hydrogens is 652 g/mol. The Bertz CT molecular complexity index is 1250. The average molecular weight is 695 g/mol. The maximum absolute atomic E-state index is 12.9. The summed E-state index contributed by atoms with van der Waals surface area (Å²) in [5, 5.41) is 102. The van der Waals surface area contributed by atoms with Crippen LogP contribution >= 0.6 is 0 Å². The van der Waals surface area contributed by atoms with Crippen LogP contribution in [0.4, 0.5) is 0 Å². The van der Waals surface area contributed by atoms with Crippen molar-refractivity contribution in [2.45, 2.75) is 85.8 Å². The van der Waals surface area contributed by atoms with E-state index in [4.69, 9.17) is 37.9 Å². The highest BCUT2D eigenvalue weighted by Crippen LogP contribution is 2.39. The second-order valence-electron chi connectivity index (χ2n) is 11.3. The number of ether oxygens (including phenoxy) is 8. The highest BCUT2D eigenvalue weighted by molar-refractivity contribution is 5.88. The first-order valence-electron chi connectivity index (χ1n) is 14.9. The molecule has 19 nitrogen and oxygen atoms in total. The molecule has 3 aliphatic rings. The molecule has 0 bridgehead atoms. The molecule has 4 rings (SSSR count). The molecular formula is C29H42O19. The summed E-state index contributed by atoms with van der Waals surface area (Å²) >= 11 is 0. The van der Waals surface area contributed by atoms with Crippen LogP contribution in [0.25, 0.3) is 6.08 Å². The number of carbonyl (C=O) groups is 1. The first-order chi connectivity index (χ1) is 22.9. The number of phenolic OH excluding ortho intramolecular Hbond substituents is 1. The van der Waals surface area contributed by atoms with Gasteiger partial charge in [0.15, 0.2) is 30.2 Å². The topological polar surface area (TPSA) is 293 Å². The van der Waals surface area contributed by atoms with Crippen molar-refractivity contribution < 1.29 is 93.8 Å². The first kappa shape index (κ1) is 38.1. The lowest BCUT2D eigenvalue weighted by atomic mass is 9.98. The summed E-state index contributed by atoms with van der Waals surface area (Å²) in [7, 11) is 2.66. The molecule has 48 heavy (non-hydrogen) atoms. The van der Waals surface area contributed by atoms with Crippen LogP contribution in [0.3, 0.4) is 0 Å². The molecule has 0 radical (unpaired) electrons. The van der Waals surface area contributed by atoms with Crippen molar-refractivity contribution in [2.75, 3.05) is 40.6 Å². The Morgan fingerprint density at radius 2 is 1.54 bits per heavy atom. The van der Waals surface area contributed by atoms with Gasteiger partial charge in [0, 0.05) is 24.1 Å². The highest BCUT2D eigenvalue weighted by Gasteiger charge is 2.60. The minimum atomic E-state index is -2.36. The molecule has 10 N–H and O–H groups in total. The third-order valence-corrected chi connectivity index (χ3v) is 8.21. The number of aromatic hydroxyl groups is 1. The Labute approximate surface area is 273 Å². The third kappa shape index (κ3) is 7.85. The lowest BCUT2D eigenvalue weighted by molar-refractivity contribution is -0.379. The van der Waals surface area contributed by atoms with Gasteiger partial charge in [0.25, 0.3) is 0 Å². The Morgan fingerprint density at radius 1 is 0.875 bits per heavy atom. The monoisotopic (exact) mass is 694 g/mol. The van der Waals surface area contributed by atoms with E-state index in [1.165, 1.54) is 32.4 Å². The minimum absolute atomic E-state index is 0.0820. The van der Waals surface area contributed by atoms with Crippen LogP contribution in [-0.4, -0.2) is 177 Å². The zero-order valence-corrected chi connectivity index (χ0v) is 25.9. The summed E-state index contributed by atoms with van der Waals surface area (Å²) in [5.41, 5.74) is 0.297. The van der Waals surface area contributed by atoms with Crippen molar-refractivity contribution in [2.24, 2.45) is 0 Å². The maximum atomic E-state index is 12.9. The van der Waals surface area contributed by atoms with Gasteiger partial charge in [0.05, 0.1) is 40.1 Å². The molecule has 3 fully saturated rings. The van der Waals surface area contributed by atoms with E-state index in [9.17, 15) is 55.9 Å². The van der Waals surface area contributed by atoms with Gasteiger partial charge in [-0.05, 0) is 12.1 Å². The van der Waals surface area contributed by atoms with Gasteiger partial charge in [-0.2, -0.15) is 0 Å². The number of rotatable bonds is 13. The Morgan fingerprint density at radius 3 is 2.15 bits per heavy atom.